The Morgan fingerprint density at radius 2 is 1.55 bits per heavy atom. The van der Waals surface area contributed by atoms with Gasteiger partial charge in [0.1, 0.15) is 18.3 Å². The van der Waals surface area contributed by atoms with E-state index in [0.29, 0.717) is 26.4 Å². The predicted octanol–water partition coefficient (Wildman–Crippen LogP) is 7.94. The van der Waals surface area contributed by atoms with Crippen LogP contribution in [0.15, 0.2) is 102 Å². The summed E-state index contributed by atoms with van der Waals surface area (Å²) in [5.41, 5.74) is 1.58. The third-order valence-corrected chi connectivity index (χ3v) is 11.2. The summed E-state index contributed by atoms with van der Waals surface area (Å²) in [7, 11) is -2.83. The number of carbonyl (C=O) groups is 2. The molecule has 2 amide bonds. The van der Waals surface area contributed by atoms with Gasteiger partial charge in [-0.05, 0) is 78.6 Å². The number of amides is 2. The summed E-state index contributed by atoms with van der Waals surface area (Å²) in [6, 6.07) is 25.5. The first-order valence-electron chi connectivity index (χ1n) is 16.0. The molecule has 4 aromatic rings. The Labute approximate surface area is 303 Å². The van der Waals surface area contributed by atoms with Gasteiger partial charge in [-0.15, -0.1) is 0 Å². The van der Waals surface area contributed by atoms with Gasteiger partial charge in [-0.2, -0.15) is 0 Å². The number of rotatable bonds is 13. The largest absolute Gasteiger partial charge is 0.497 e. The van der Waals surface area contributed by atoms with E-state index in [1.54, 1.807) is 36.4 Å². The van der Waals surface area contributed by atoms with Gasteiger partial charge < -0.3 is 15.0 Å². The van der Waals surface area contributed by atoms with Crippen LogP contribution < -0.4 is 14.4 Å². The number of anilines is 1. The van der Waals surface area contributed by atoms with Crippen LogP contribution in [0, 0.1) is 0 Å². The van der Waals surface area contributed by atoms with E-state index in [1.165, 1.54) is 42.3 Å². The van der Waals surface area contributed by atoms with E-state index >= 15 is 0 Å². The van der Waals surface area contributed by atoms with Crippen molar-refractivity contribution in [1.29, 1.82) is 0 Å². The number of carbonyl (C=O) groups excluding carboxylic acids is 2. The van der Waals surface area contributed by atoms with Crippen LogP contribution in [0.25, 0.3) is 0 Å². The second kappa shape index (κ2) is 16.8. The molecule has 1 aliphatic carbocycles. The number of benzene rings is 4. The van der Waals surface area contributed by atoms with Crippen LogP contribution in [-0.4, -0.2) is 50.9 Å². The maximum absolute atomic E-state index is 14.7. The average Bonchev–Trinajstić information content (AvgIpc) is 3.10. The van der Waals surface area contributed by atoms with Gasteiger partial charge in [-0.25, -0.2) is 8.42 Å². The van der Waals surface area contributed by atoms with E-state index in [-0.39, 0.29) is 35.5 Å². The van der Waals surface area contributed by atoms with Gasteiger partial charge in [0.15, 0.2) is 0 Å². The van der Waals surface area contributed by atoms with Gasteiger partial charge in [0.25, 0.3) is 10.0 Å². The molecule has 0 spiro atoms. The molecule has 1 N–H and O–H groups in total. The van der Waals surface area contributed by atoms with Crippen molar-refractivity contribution in [2.45, 2.75) is 62.0 Å². The summed E-state index contributed by atoms with van der Waals surface area (Å²) < 4.78 is 34.8. The molecule has 0 bridgehead atoms. The third-order valence-electron chi connectivity index (χ3n) is 8.60. The number of hydrogen-bond acceptors (Lipinski definition) is 5. The van der Waals surface area contributed by atoms with Crippen LogP contribution in [0.2, 0.25) is 15.1 Å². The van der Waals surface area contributed by atoms with E-state index in [2.05, 4.69) is 5.32 Å². The second-order valence-corrected chi connectivity index (χ2v) is 15.1. The van der Waals surface area contributed by atoms with Gasteiger partial charge in [0.2, 0.25) is 11.8 Å². The zero-order valence-corrected chi connectivity index (χ0v) is 30.1. The van der Waals surface area contributed by atoms with E-state index < -0.39 is 28.5 Å². The van der Waals surface area contributed by atoms with Gasteiger partial charge in [0.05, 0.1) is 17.7 Å². The summed E-state index contributed by atoms with van der Waals surface area (Å²) in [6.07, 6.45) is 5.03. The quantitative estimate of drug-likeness (QED) is 0.150. The molecular weight excluding hydrogens is 705 g/mol. The van der Waals surface area contributed by atoms with Crippen molar-refractivity contribution in [3.63, 3.8) is 0 Å². The van der Waals surface area contributed by atoms with Crippen molar-refractivity contribution in [2.75, 3.05) is 18.0 Å². The van der Waals surface area contributed by atoms with E-state index in [4.69, 9.17) is 39.5 Å². The Balaban J connectivity index is 1.58. The fraction of sp³-hybridized carbons (Fsp3) is 0.297. The number of halogens is 3. The summed E-state index contributed by atoms with van der Waals surface area (Å²) in [5, 5.41) is 4.22. The molecule has 1 aliphatic rings. The lowest BCUT2D eigenvalue weighted by Crippen LogP contribution is -2.55. The molecule has 0 saturated heterocycles. The fourth-order valence-electron chi connectivity index (χ4n) is 5.97. The van der Waals surface area contributed by atoms with Gasteiger partial charge in [-0.1, -0.05) is 96.5 Å². The highest BCUT2D eigenvalue weighted by Gasteiger charge is 2.36. The molecule has 49 heavy (non-hydrogen) atoms. The van der Waals surface area contributed by atoms with E-state index in [0.717, 1.165) is 42.0 Å². The van der Waals surface area contributed by atoms with Crippen LogP contribution in [0.5, 0.6) is 5.75 Å². The highest BCUT2D eigenvalue weighted by atomic mass is 35.5. The first-order valence-corrected chi connectivity index (χ1v) is 18.6. The Bertz CT molecular complexity index is 1850. The molecule has 0 unspecified atom stereocenters. The highest BCUT2D eigenvalue weighted by Crippen LogP contribution is 2.29. The number of hydrogen-bond donors (Lipinski definition) is 1. The molecule has 0 aromatic heterocycles. The van der Waals surface area contributed by atoms with Crippen molar-refractivity contribution < 1.29 is 22.7 Å². The standard InChI is InChI=1S/C37H38Cl3N3O5S/c1-48-32-17-19-33(20-18-32)49(46,47)43(31-14-8-11-28(38)22-31)25-36(44)42(24-27-15-16-29(39)23-34(27)40)35(21-26-9-4-2-5-10-26)37(45)41-30-12-6-3-7-13-30/h2,4-5,8-11,14-20,22-23,30,35H,3,6-7,12-13,21,24-25H2,1H3,(H,41,45)/t35-/m1/s1. The van der Waals surface area contributed by atoms with Crippen LogP contribution in [0.3, 0.4) is 0 Å². The fourth-order valence-corrected chi connectivity index (χ4v) is 8.03. The Morgan fingerprint density at radius 3 is 2.20 bits per heavy atom. The molecule has 0 aliphatic heterocycles. The second-order valence-electron chi connectivity index (χ2n) is 12.0. The first kappa shape index (κ1) is 36.5. The highest BCUT2D eigenvalue weighted by molar-refractivity contribution is 7.92. The SMILES string of the molecule is COc1ccc(S(=O)(=O)N(CC(=O)N(Cc2ccc(Cl)cc2Cl)[C@H](Cc2ccccc2)C(=O)NC2CCCCC2)c2cccc(Cl)c2)cc1. The molecule has 4 aromatic carbocycles. The molecule has 8 nitrogen and oxygen atoms in total. The summed E-state index contributed by atoms with van der Waals surface area (Å²) >= 11 is 19.1. The normalized spacial score (nSPS) is 14.1. The number of nitrogens with one attached hydrogen (secondary N) is 1. The lowest BCUT2D eigenvalue weighted by atomic mass is 9.94. The molecule has 258 valence electrons. The van der Waals surface area contributed by atoms with Crippen LogP contribution in [-0.2, 0) is 32.6 Å². The molecule has 1 atom stereocenters. The zero-order chi connectivity index (χ0) is 35.0. The molecule has 1 saturated carbocycles. The number of ether oxygens (including phenoxy) is 1. The third kappa shape index (κ3) is 9.48. The van der Waals surface area contributed by atoms with Gasteiger partial charge in [0, 0.05) is 34.1 Å². The van der Waals surface area contributed by atoms with E-state index in [1.807, 2.05) is 30.3 Å². The monoisotopic (exact) mass is 741 g/mol. The minimum Gasteiger partial charge on any atom is -0.497 e. The summed E-state index contributed by atoms with van der Waals surface area (Å²) in [6.45, 7) is -0.696. The van der Waals surface area contributed by atoms with Crippen molar-refractivity contribution in [2.24, 2.45) is 0 Å². The predicted molar refractivity (Wildman–Crippen MR) is 195 cm³/mol. The van der Waals surface area contributed by atoms with Crippen LogP contribution in [0.1, 0.15) is 43.2 Å². The first-order chi connectivity index (χ1) is 23.5. The molecule has 12 heteroatoms. The molecule has 5 rings (SSSR count). The lowest BCUT2D eigenvalue weighted by molar-refractivity contribution is -0.140. The average molecular weight is 743 g/mol. The van der Waals surface area contributed by atoms with Crippen molar-refractivity contribution >= 4 is 62.3 Å². The lowest BCUT2D eigenvalue weighted by Gasteiger charge is -2.35. The Hall–Kier alpha value is -3.76. The van der Waals surface area contributed by atoms with Crippen LogP contribution in [0.4, 0.5) is 5.69 Å². The zero-order valence-electron chi connectivity index (χ0n) is 27.0. The number of sulfonamides is 1. The van der Waals surface area contributed by atoms with Gasteiger partial charge in [-0.3, -0.25) is 13.9 Å². The smallest absolute Gasteiger partial charge is 0.264 e. The maximum atomic E-state index is 14.7. The Morgan fingerprint density at radius 1 is 0.857 bits per heavy atom. The van der Waals surface area contributed by atoms with Crippen molar-refractivity contribution in [3.8, 4) is 5.75 Å². The molecule has 1 fully saturated rings. The van der Waals surface area contributed by atoms with Crippen LogP contribution >= 0.6 is 34.8 Å². The van der Waals surface area contributed by atoms with Crippen molar-refractivity contribution in [3.05, 3.63) is 123 Å². The maximum Gasteiger partial charge on any atom is 0.264 e. The summed E-state index contributed by atoms with van der Waals surface area (Å²) in [4.78, 5) is 30.3. The molecule has 0 radical (unpaired) electrons. The molecule has 0 heterocycles. The minimum absolute atomic E-state index is 0.0194. The van der Waals surface area contributed by atoms with Crippen molar-refractivity contribution in [1.82, 2.24) is 10.2 Å². The number of nitrogens with zero attached hydrogens (tertiary/aromatic N) is 2. The van der Waals surface area contributed by atoms with Gasteiger partial charge >= 0.3 is 0 Å². The minimum atomic E-state index is -4.31. The number of methoxy groups -OCH3 is 1. The Kier molecular flexibility index (Phi) is 12.5. The topological polar surface area (TPSA) is 96.0 Å². The summed E-state index contributed by atoms with van der Waals surface area (Å²) in [5.74, 6) is -0.451. The molecular formula is C37H38Cl3N3O5S. The van der Waals surface area contributed by atoms with E-state index in [9.17, 15) is 18.0 Å².